The maximum absolute atomic E-state index is 12.4. The summed E-state index contributed by atoms with van der Waals surface area (Å²) in [6, 6.07) is 4.07. The number of nitrogens with zero attached hydrogens (tertiary/aromatic N) is 1. The zero-order valence-electron chi connectivity index (χ0n) is 11.3. The third-order valence-corrected chi connectivity index (χ3v) is 4.78. The van der Waals surface area contributed by atoms with Crippen molar-refractivity contribution < 1.29 is 18.3 Å². The van der Waals surface area contributed by atoms with Gasteiger partial charge in [0.25, 0.3) is 0 Å². The van der Waals surface area contributed by atoms with Gasteiger partial charge < -0.3 is 15.6 Å². The quantitative estimate of drug-likeness (QED) is 0.750. The van der Waals surface area contributed by atoms with Crippen LogP contribution in [0.5, 0.6) is 5.75 Å². The number of anilines is 1. The highest BCUT2D eigenvalue weighted by Gasteiger charge is 2.27. The van der Waals surface area contributed by atoms with E-state index >= 15 is 0 Å². The Morgan fingerprint density at radius 3 is 2.47 bits per heavy atom. The molecule has 6 nitrogen and oxygen atoms in total. The van der Waals surface area contributed by atoms with Gasteiger partial charge in [-0.3, -0.25) is 0 Å². The Labute approximate surface area is 113 Å². The fraction of sp³-hybridized carbons (Fsp3) is 0.500. The SMILES string of the molecule is COc1ccc(S(=O)(=O)N(CCO)C(C)C)cc1N. The van der Waals surface area contributed by atoms with Crippen molar-refractivity contribution in [2.24, 2.45) is 0 Å². The van der Waals surface area contributed by atoms with Gasteiger partial charge >= 0.3 is 0 Å². The smallest absolute Gasteiger partial charge is 0.243 e. The average Bonchev–Trinajstić information content (AvgIpc) is 2.35. The minimum absolute atomic E-state index is 0.0476. The van der Waals surface area contributed by atoms with Gasteiger partial charge in [-0.2, -0.15) is 4.31 Å². The van der Waals surface area contributed by atoms with E-state index in [-0.39, 0.29) is 29.8 Å². The Morgan fingerprint density at radius 2 is 2.05 bits per heavy atom. The van der Waals surface area contributed by atoms with Gasteiger partial charge in [0, 0.05) is 12.6 Å². The number of ether oxygens (including phenoxy) is 1. The predicted octanol–water partition coefficient (Wildman–Crippen LogP) is 0.669. The Kier molecular flexibility index (Phi) is 5.16. The van der Waals surface area contributed by atoms with Gasteiger partial charge in [-0.1, -0.05) is 0 Å². The summed E-state index contributed by atoms with van der Waals surface area (Å²) < 4.78 is 31.1. The molecule has 0 saturated carbocycles. The molecule has 0 aliphatic heterocycles. The Balaban J connectivity index is 3.22. The maximum Gasteiger partial charge on any atom is 0.243 e. The number of aliphatic hydroxyl groups is 1. The Bertz CT molecular complexity index is 529. The van der Waals surface area contributed by atoms with Crippen molar-refractivity contribution in [1.29, 1.82) is 0 Å². The largest absolute Gasteiger partial charge is 0.495 e. The molecule has 3 N–H and O–H groups in total. The van der Waals surface area contributed by atoms with Crippen molar-refractivity contribution >= 4 is 15.7 Å². The Hall–Kier alpha value is -1.31. The summed E-state index contributed by atoms with van der Waals surface area (Å²) in [7, 11) is -2.21. The van der Waals surface area contributed by atoms with Crippen LogP contribution in [0.3, 0.4) is 0 Å². The number of nitrogen functional groups attached to an aromatic ring is 1. The molecule has 0 aliphatic rings. The number of sulfonamides is 1. The van der Waals surface area contributed by atoms with Crippen molar-refractivity contribution in [3.63, 3.8) is 0 Å². The number of methoxy groups -OCH3 is 1. The van der Waals surface area contributed by atoms with Gasteiger partial charge in [0.2, 0.25) is 10.0 Å². The molecule has 1 rings (SSSR count). The molecule has 19 heavy (non-hydrogen) atoms. The highest BCUT2D eigenvalue weighted by Crippen LogP contribution is 2.26. The van der Waals surface area contributed by atoms with Gasteiger partial charge in [-0.05, 0) is 32.0 Å². The van der Waals surface area contributed by atoms with Crippen molar-refractivity contribution in [3.8, 4) is 5.75 Å². The van der Waals surface area contributed by atoms with Crippen molar-refractivity contribution in [2.45, 2.75) is 24.8 Å². The van der Waals surface area contributed by atoms with E-state index in [9.17, 15) is 8.42 Å². The van der Waals surface area contributed by atoms with Gasteiger partial charge in [0.15, 0.2) is 0 Å². The van der Waals surface area contributed by atoms with Crippen LogP contribution in [0.1, 0.15) is 13.8 Å². The third-order valence-electron chi connectivity index (χ3n) is 2.70. The summed E-state index contributed by atoms with van der Waals surface area (Å²) >= 11 is 0. The summed E-state index contributed by atoms with van der Waals surface area (Å²) in [5.74, 6) is 0.428. The number of rotatable bonds is 6. The van der Waals surface area contributed by atoms with Crippen molar-refractivity contribution in [3.05, 3.63) is 18.2 Å². The molecule has 0 fully saturated rings. The number of benzene rings is 1. The molecule has 0 aromatic heterocycles. The van der Waals surface area contributed by atoms with Crippen LogP contribution in [0, 0.1) is 0 Å². The molecule has 0 radical (unpaired) electrons. The van der Waals surface area contributed by atoms with Gasteiger partial charge in [-0.25, -0.2) is 8.42 Å². The molecule has 0 aliphatic carbocycles. The van der Waals surface area contributed by atoms with Crippen molar-refractivity contribution in [1.82, 2.24) is 4.31 Å². The zero-order valence-corrected chi connectivity index (χ0v) is 12.1. The minimum Gasteiger partial charge on any atom is -0.495 e. The van der Waals surface area contributed by atoms with E-state index in [1.54, 1.807) is 13.8 Å². The van der Waals surface area contributed by atoms with Crippen LogP contribution in [-0.4, -0.2) is 44.1 Å². The summed E-state index contributed by atoms with van der Waals surface area (Å²) in [4.78, 5) is 0.0907. The van der Waals surface area contributed by atoms with E-state index in [0.717, 1.165) is 0 Å². The number of aliphatic hydroxyl groups excluding tert-OH is 1. The lowest BCUT2D eigenvalue weighted by Gasteiger charge is -2.25. The molecule has 108 valence electrons. The summed E-state index contributed by atoms with van der Waals surface area (Å²) in [5, 5.41) is 8.98. The summed E-state index contributed by atoms with van der Waals surface area (Å²) in [6.45, 7) is 3.31. The number of hydrogen-bond donors (Lipinski definition) is 2. The first-order chi connectivity index (χ1) is 8.84. The van der Waals surface area contributed by atoms with E-state index in [1.807, 2.05) is 0 Å². The summed E-state index contributed by atoms with van der Waals surface area (Å²) in [6.07, 6.45) is 0. The molecule has 0 heterocycles. The average molecular weight is 288 g/mol. The van der Waals surface area contributed by atoms with E-state index < -0.39 is 10.0 Å². The molecule has 0 saturated heterocycles. The van der Waals surface area contributed by atoms with Crippen LogP contribution in [0.4, 0.5) is 5.69 Å². The second-order valence-corrected chi connectivity index (χ2v) is 6.23. The first-order valence-electron chi connectivity index (χ1n) is 5.90. The predicted molar refractivity (Wildman–Crippen MR) is 73.5 cm³/mol. The van der Waals surface area contributed by atoms with E-state index in [4.69, 9.17) is 15.6 Å². The first kappa shape index (κ1) is 15.7. The Morgan fingerprint density at radius 1 is 1.42 bits per heavy atom. The standard InChI is InChI=1S/C12H20N2O4S/c1-9(2)14(6-7-15)19(16,17)10-4-5-12(18-3)11(13)8-10/h4-5,8-9,15H,6-7,13H2,1-3H3. The molecule has 0 bridgehead atoms. The molecular weight excluding hydrogens is 268 g/mol. The van der Waals surface area contributed by atoms with E-state index in [1.165, 1.54) is 29.6 Å². The van der Waals surface area contributed by atoms with E-state index in [2.05, 4.69) is 0 Å². The van der Waals surface area contributed by atoms with Gasteiger partial charge in [0.1, 0.15) is 5.75 Å². The molecule has 7 heteroatoms. The highest BCUT2D eigenvalue weighted by molar-refractivity contribution is 7.89. The molecule has 0 atom stereocenters. The van der Waals surface area contributed by atoms with Crippen LogP contribution in [0.25, 0.3) is 0 Å². The zero-order chi connectivity index (χ0) is 14.6. The third kappa shape index (κ3) is 3.37. The lowest BCUT2D eigenvalue weighted by atomic mass is 10.3. The topological polar surface area (TPSA) is 92.9 Å². The first-order valence-corrected chi connectivity index (χ1v) is 7.34. The minimum atomic E-state index is -3.67. The molecule has 1 aromatic rings. The monoisotopic (exact) mass is 288 g/mol. The van der Waals surface area contributed by atoms with Crippen LogP contribution in [0.2, 0.25) is 0 Å². The number of nitrogens with two attached hydrogens (primary N) is 1. The van der Waals surface area contributed by atoms with Crippen LogP contribution < -0.4 is 10.5 Å². The second kappa shape index (κ2) is 6.23. The van der Waals surface area contributed by atoms with Crippen LogP contribution in [-0.2, 0) is 10.0 Å². The van der Waals surface area contributed by atoms with E-state index in [0.29, 0.717) is 5.75 Å². The molecular formula is C12H20N2O4S. The van der Waals surface area contributed by atoms with Crippen LogP contribution in [0.15, 0.2) is 23.1 Å². The van der Waals surface area contributed by atoms with Gasteiger partial charge in [0.05, 0.1) is 24.3 Å². The van der Waals surface area contributed by atoms with Gasteiger partial charge in [-0.15, -0.1) is 0 Å². The second-order valence-electron chi connectivity index (χ2n) is 4.34. The lowest BCUT2D eigenvalue weighted by molar-refractivity contribution is 0.236. The number of hydrogen-bond acceptors (Lipinski definition) is 5. The van der Waals surface area contributed by atoms with Crippen molar-refractivity contribution in [2.75, 3.05) is 26.0 Å². The molecule has 0 amide bonds. The maximum atomic E-state index is 12.4. The fourth-order valence-corrected chi connectivity index (χ4v) is 3.43. The fourth-order valence-electron chi connectivity index (χ4n) is 1.76. The molecule has 1 aromatic carbocycles. The molecule has 0 spiro atoms. The summed E-state index contributed by atoms with van der Waals surface area (Å²) in [5.41, 5.74) is 5.98. The highest BCUT2D eigenvalue weighted by atomic mass is 32.2. The van der Waals surface area contributed by atoms with Crippen LogP contribution >= 0.6 is 0 Å². The molecule has 0 unspecified atom stereocenters. The normalized spacial score (nSPS) is 12.1. The lowest BCUT2D eigenvalue weighted by Crippen LogP contribution is -2.38.